The molecule has 0 aliphatic heterocycles. The third kappa shape index (κ3) is 5.91. The van der Waals surface area contributed by atoms with E-state index >= 15 is 0 Å². The van der Waals surface area contributed by atoms with Crippen LogP contribution in [0.1, 0.15) is 21.5 Å². The monoisotopic (exact) mass is 499 g/mol. The highest BCUT2D eigenvalue weighted by molar-refractivity contribution is 6.05. The van der Waals surface area contributed by atoms with Gasteiger partial charge in [0, 0.05) is 41.8 Å². The summed E-state index contributed by atoms with van der Waals surface area (Å²) in [6, 6.07) is 31.8. The summed E-state index contributed by atoms with van der Waals surface area (Å²) in [7, 11) is 0. The van der Waals surface area contributed by atoms with Gasteiger partial charge in [-0.25, -0.2) is 4.68 Å². The molecule has 0 aliphatic carbocycles. The molecule has 0 atom stereocenters. The molecule has 0 radical (unpaired) electrons. The Balaban J connectivity index is 1.54. The highest BCUT2D eigenvalue weighted by Crippen LogP contribution is 2.25. The molecule has 7 nitrogen and oxygen atoms in total. The summed E-state index contributed by atoms with van der Waals surface area (Å²) in [5.41, 5.74) is 4.42. The molecule has 2 aromatic heterocycles. The molecule has 38 heavy (non-hydrogen) atoms. The van der Waals surface area contributed by atoms with Crippen molar-refractivity contribution in [3.8, 4) is 16.9 Å². The summed E-state index contributed by atoms with van der Waals surface area (Å²) in [4.78, 5) is 30.7. The van der Waals surface area contributed by atoms with Gasteiger partial charge in [0.1, 0.15) is 11.4 Å². The lowest BCUT2D eigenvalue weighted by Crippen LogP contribution is -2.34. The van der Waals surface area contributed by atoms with Crippen LogP contribution in [0.15, 0.2) is 127 Å². The number of para-hydroxylation sites is 1. The minimum absolute atomic E-state index is 0.104. The highest BCUT2D eigenvalue weighted by atomic mass is 16.2. The second kappa shape index (κ2) is 11.6. The standard InChI is InChI=1S/C31H25N5O2/c37-30(24-13-6-2-7-14-24)34-28(31(38)33-20-23-11-4-1-5-12-23)19-26-22-36(27-16-8-3-9-17-27)35-29(26)25-15-10-18-32-21-25/h1-19,21-22H,20H2,(H,33,38)(H,34,37)/b28-19-. The number of carbonyl (C=O) groups excluding carboxylic acids is 2. The minimum Gasteiger partial charge on any atom is -0.347 e. The molecule has 0 saturated carbocycles. The van der Waals surface area contributed by atoms with Gasteiger partial charge in [-0.05, 0) is 48.0 Å². The lowest BCUT2D eigenvalue weighted by atomic mass is 10.1. The van der Waals surface area contributed by atoms with Crippen molar-refractivity contribution < 1.29 is 9.59 Å². The van der Waals surface area contributed by atoms with E-state index in [0.717, 1.165) is 16.8 Å². The predicted molar refractivity (Wildman–Crippen MR) is 147 cm³/mol. The summed E-state index contributed by atoms with van der Waals surface area (Å²) in [5, 5.41) is 10.5. The van der Waals surface area contributed by atoms with E-state index in [-0.39, 0.29) is 11.6 Å². The lowest BCUT2D eigenvalue weighted by Gasteiger charge is -2.11. The van der Waals surface area contributed by atoms with Gasteiger partial charge in [0.2, 0.25) is 0 Å². The van der Waals surface area contributed by atoms with E-state index in [1.165, 1.54) is 0 Å². The molecule has 0 fully saturated rings. The van der Waals surface area contributed by atoms with Crippen LogP contribution in [0.3, 0.4) is 0 Å². The van der Waals surface area contributed by atoms with Gasteiger partial charge in [-0.1, -0.05) is 66.7 Å². The van der Waals surface area contributed by atoms with Crippen LogP contribution in [0.4, 0.5) is 0 Å². The molecular weight excluding hydrogens is 474 g/mol. The van der Waals surface area contributed by atoms with Crippen LogP contribution < -0.4 is 10.6 Å². The Labute approximate surface area is 220 Å². The van der Waals surface area contributed by atoms with Gasteiger partial charge in [-0.2, -0.15) is 5.10 Å². The van der Waals surface area contributed by atoms with Gasteiger partial charge < -0.3 is 10.6 Å². The maximum absolute atomic E-state index is 13.4. The third-order valence-electron chi connectivity index (χ3n) is 5.82. The van der Waals surface area contributed by atoms with Crippen LogP contribution in [0.25, 0.3) is 23.0 Å². The number of nitrogens with zero attached hydrogens (tertiary/aromatic N) is 3. The van der Waals surface area contributed by atoms with E-state index in [4.69, 9.17) is 5.10 Å². The Bertz CT molecular complexity index is 1550. The van der Waals surface area contributed by atoms with Gasteiger partial charge in [-0.15, -0.1) is 0 Å². The van der Waals surface area contributed by atoms with E-state index in [2.05, 4.69) is 15.6 Å². The van der Waals surface area contributed by atoms with E-state index in [9.17, 15) is 9.59 Å². The molecule has 186 valence electrons. The van der Waals surface area contributed by atoms with Crippen LogP contribution in [0, 0.1) is 0 Å². The second-order valence-corrected chi connectivity index (χ2v) is 8.50. The Morgan fingerprint density at radius 3 is 2.18 bits per heavy atom. The van der Waals surface area contributed by atoms with Crippen LogP contribution in [-0.2, 0) is 11.3 Å². The molecule has 5 rings (SSSR count). The van der Waals surface area contributed by atoms with Crippen molar-refractivity contribution in [2.24, 2.45) is 0 Å². The predicted octanol–water partition coefficient (Wildman–Crippen LogP) is 5.02. The van der Waals surface area contributed by atoms with Crippen LogP contribution in [-0.4, -0.2) is 26.6 Å². The average molecular weight is 500 g/mol. The Hall–Kier alpha value is -5.30. The first-order valence-electron chi connectivity index (χ1n) is 12.1. The molecule has 2 heterocycles. The third-order valence-corrected chi connectivity index (χ3v) is 5.82. The fourth-order valence-electron chi connectivity index (χ4n) is 3.90. The quantitative estimate of drug-likeness (QED) is 0.294. The highest BCUT2D eigenvalue weighted by Gasteiger charge is 2.18. The topological polar surface area (TPSA) is 88.9 Å². The number of hydrogen-bond acceptors (Lipinski definition) is 4. The molecule has 0 unspecified atom stereocenters. The summed E-state index contributed by atoms with van der Waals surface area (Å²) >= 11 is 0. The fraction of sp³-hybridized carbons (Fsp3) is 0.0323. The Morgan fingerprint density at radius 2 is 1.50 bits per heavy atom. The number of amides is 2. The number of aromatic nitrogens is 3. The summed E-state index contributed by atoms with van der Waals surface area (Å²) in [6.07, 6.45) is 6.88. The molecule has 0 spiro atoms. The molecule has 7 heteroatoms. The molecule has 3 aromatic carbocycles. The maximum atomic E-state index is 13.4. The van der Waals surface area contributed by atoms with Crippen molar-refractivity contribution in [2.45, 2.75) is 6.54 Å². The minimum atomic E-state index is -0.414. The largest absolute Gasteiger partial charge is 0.347 e. The molecule has 2 N–H and O–H groups in total. The number of carbonyl (C=O) groups is 2. The second-order valence-electron chi connectivity index (χ2n) is 8.50. The molecule has 0 aliphatic rings. The Kier molecular flexibility index (Phi) is 7.46. The van der Waals surface area contributed by atoms with Crippen molar-refractivity contribution in [2.75, 3.05) is 0 Å². The first-order chi connectivity index (χ1) is 18.7. The van der Waals surface area contributed by atoms with Crippen LogP contribution in [0.5, 0.6) is 0 Å². The van der Waals surface area contributed by atoms with Crippen molar-refractivity contribution in [1.29, 1.82) is 0 Å². The van der Waals surface area contributed by atoms with Gasteiger partial charge in [-0.3, -0.25) is 14.6 Å². The number of benzene rings is 3. The zero-order valence-corrected chi connectivity index (χ0v) is 20.5. The maximum Gasteiger partial charge on any atom is 0.268 e. The zero-order chi connectivity index (χ0) is 26.2. The first-order valence-corrected chi connectivity index (χ1v) is 12.1. The number of hydrogen-bond donors (Lipinski definition) is 2. The molecular formula is C31H25N5O2. The van der Waals surface area contributed by atoms with Gasteiger partial charge in [0.25, 0.3) is 11.8 Å². The average Bonchev–Trinajstić information content (AvgIpc) is 3.41. The smallest absolute Gasteiger partial charge is 0.268 e. The SMILES string of the molecule is O=C(NCc1ccccc1)/C(=C/c1cn(-c2ccccc2)nc1-c1cccnc1)NC(=O)c1ccccc1. The molecule has 2 amide bonds. The lowest BCUT2D eigenvalue weighted by molar-refractivity contribution is -0.117. The van der Waals surface area contributed by atoms with Crippen LogP contribution >= 0.6 is 0 Å². The fourth-order valence-corrected chi connectivity index (χ4v) is 3.90. The molecule has 0 bridgehead atoms. The molecule has 0 saturated heterocycles. The van der Waals surface area contributed by atoms with E-state index < -0.39 is 5.91 Å². The van der Waals surface area contributed by atoms with E-state index in [1.54, 1.807) is 47.4 Å². The van der Waals surface area contributed by atoms with Gasteiger partial charge in [0.05, 0.1) is 5.69 Å². The summed E-state index contributed by atoms with van der Waals surface area (Å²) in [6.45, 7) is 0.316. The van der Waals surface area contributed by atoms with E-state index in [0.29, 0.717) is 23.4 Å². The van der Waals surface area contributed by atoms with Crippen LogP contribution in [0.2, 0.25) is 0 Å². The molecule has 5 aromatic rings. The number of pyridine rings is 1. The van der Waals surface area contributed by atoms with Gasteiger partial charge in [0.15, 0.2) is 0 Å². The summed E-state index contributed by atoms with van der Waals surface area (Å²) < 4.78 is 1.74. The Morgan fingerprint density at radius 1 is 0.816 bits per heavy atom. The zero-order valence-electron chi connectivity index (χ0n) is 20.5. The normalized spacial score (nSPS) is 11.1. The van der Waals surface area contributed by atoms with Gasteiger partial charge >= 0.3 is 0 Å². The van der Waals surface area contributed by atoms with Crippen molar-refractivity contribution in [3.05, 3.63) is 144 Å². The number of rotatable bonds is 8. The van der Waals surface area contributed by atoms with E-state index in [1.807, 2.05) is 85.1 Å². The van der Waals surface area contributed by atoms with Crippen molar-refractivity contribution in [3.63, 3.8) is 0 Å². The van der Waals surface area contributed by atoms with Crippen molar-refractivity contribution in [1.82, 2.24) is 25.4 Å². The number of nitrogens with one attached hydrogen (secondary N) is 2. The van der Waals surface area contributed by atoms with Crippen molar-refractivity contribution >= 4 is 17.9 Å². The first kappa shape index (κ1) is 24.4. The summed E-state index contributed by atoms with van der Waals surface area (Å²) in [5.74, 6) is -0.798.